The quantitative estimate of drug-likeness (QED) is 0.0962. The predicted molar refractivity (Wildman–Crippen MR) is 200 cm³/mol. The lowest BCUT2D eigenvalue weighted by Gasteiger charge is -2.61. The van der Waals surface area contributed by atoms with Gasteiger partial charge in [-0.2, -0.15) is 0 Å². The molecule has 49 heavy (non-hydrogen) atoms. The van der Waals surface area contributed by atoms with Crippen LogP contribution in [-0.2, 0) is 19.1 Å². The van der Waals surface area contributed by atoms with Crippen molar-refractivity contribution < 1.29 is 24.2 Å². The second-order valence-electron chi connectivity index (χ2n) is 17.8. The van der Waals surface area contributed by atoms with Crippen molar-refractivity contribution in [3.8, 4) is 0 Å². The molecule has 9 atom stereocenters. The molecule has 0 saturated heterocycles. The molecule has 1 N–H and O–H groups in total. The SMILES string of the molecule is CCCCCCCCCC(CC(CCCCCCC[C@@H]1CC2=CC(=O)CC[C@]2(C)C2CC[C@@]3(C)C(CC[C@]3(C)O)C21)C(C)=O)C(=O)OCC. The molecule has 0 aromatic carbocycles. The monoisotopic (exact) mass is 683 g/mol. The molecule has 0 aromatic heterocycles. The van der Waals surface area contributed by atoms with E-state index in [1.165, 1.54) is 69.8 Å². The zero-order valence-electron chi connectivity index (χ0n) is 32.6. The highest BCUT2D eigenvalue weighted by Gasteiger charge is 2.64. The summed E-state index contributed by atoms with van der Waals surface area (Å²) in [6, 6.07) is 0. The maximum atomic E-state index is 12.8. The van der Waals surface area contributed by atoms with Crippen molar-refractivity contribution in [3.63, 3.8) is 0 Å². The zero-order chi connectivity index (χ0) is 35.7. The minimum atomic E-state index is -0.575. The van der Waals surface area contributed by atoms with Crippen LogP contribution >= 0.6 is 0 Å². The number of aliphatic hydroxyl groups is 1. The molecule has 0 heterocycles. The molecular weight excluding hydrogens is 608 g/mol. The van der Waals surface area contributed by atoms with Crippen LogP contribution in [0.5, 0.6) is 0 Å². The summed E-state index contributed by atoms with van der Waals surface area (Å²) in [4.78, 5) is 38.1. The van der Waals surface area contributed by atoms with Gasteiger partial charge in [0.1, 0.15) is 5.78 Å². The van der Waals surface area contributed by atoms with Gasteiger partial charge in [0, 0.05) is 12.3 Å². The number of fused-ring (bicyclic) bond motifs is 5. The molecule has 5 unspecified atom stereocenters. The van der Waals surface area contributed by atoms with Crippen LogP contribution in [0.4, 0.5) is 0 Å². The van der Waals surface area contributed by atoms with Crippen LogP contribution in [0.3, 0.4) is 0 Å². The van der Waals surface area contributed by atoms with Gasteiger partial charge in [-0.15, -0.1) is 0 Å². The van der Waals surface area contributed by atoms with Crippen molar-refractivity contribution in [3.05, 3.63) is 11.6 Å². The largest absolute Gasteiger partial charge is 0.466 e. The summed E-state index contributed by atoms with van der Waals surface area (Å²) in [7, 11) is 0. The van der Waals surface area contributed by atoms with E-state index in [0.717, 1.165) is 70.6 Å². The van der Waals surface area contributed by atoms with Crippen molar-refractivity contribution in [2.75, 3.05) is 6.61 Å². The predicted octanol–water partition coefficient (Wildman–Crippen LogP) is 11.1. The molecule has 5 nitrogen and oxygen atoms in total. The molecule has 0 aromatic rings. The highest BCUT2D eigenvalue weighted by molar-refractivity contribution is 5.91. The van der Waals surface area contributed by atoms with E-state index in [0.29, 0.717) is 48.9 Å². The fraction of sp³-hybridized carbons (Fsp3) is 0.886. The number of hydrogen-bond donors (Lipinski definition) is 1. The Bertz CT molecular complexity index is 1120. The molecule has 4 aliphatic rings. The maximum Gasteiger partial charge on any atom is 0.308 e. The van der Waals surface area contributed by atoms with Crippen molar-refractivity contribution >= 4 is 17.5 Å². The molecule has 0 spiro atoms. The lowest BCUT2D eigenvalue weighted by Crippen LogP contribution is -2.56. The Balaban J connectivity index is 1.26. The van der Waals surface area contributed by atoms with Gasteiger partial charge >= 0.3 is 5.97 Å². The third-order valence-corrected chi connectivity index (χ3v) is 14.7. The van der Waals surface area contributed by atoms with Gasteiger partial charge < -0.3 is 9.84 Å². The lowest BCUT2D eigenvalue weighted by atomic mass is 9.44. The van der Waals surface area contributed by atoms with Crippen LogP contribution in [0.15, 0.2) is 11.6 Å². The molecule has 0 bridgehead atoms. The third-order valence-electron chi connectivity index (χ3n) is 14.7. The number of ketones is 2. The Morgan fingerprint density at radius 2 is 1.45 bits per heavy atom. The second-order valence-corrected chi connectivity index (χ2v) is 17.8. The summed E-state index contributed by atoms with van der Waals surface area (Å²) in [5.74, 6) is 2.67. The Morgan fingerprint density at radius 3 is 2.10 bits per heavy atom. The summed E-state index contributed by atoms with van der Waals surface area (Å²) in [5.41, 5.74) is 1.02. The average Bonchev–Trinajstić information content (AvgIpc) is 3.30. The van der Waals surface area contributed by atoms with Gasteiger partial charge in [0.2, 0.25) is 0 Å². The number of ether oxygens (including phenoxy) is 1. The van der Waals surface area contributed by atoms with E-state index in [-0.39, 0.29) is 34.4 Å². The number of esters is 1. The Labute approximate surface area is 300 Å². The third kappa shape index (κ3) is 9.69. The van der Waals surface area contributed by atoms with E-state index in [9.17, 15) is 19.5 Å². The van der Waals surface area contributed by atoms with Crippen molar-refractivity contribution in [1.29, 1.82) is 0 Å². The molecule has 3 saturated carbocycles. The van der Waals surface area contributed by atoms with Crippen LogP contribution in [0.1, 0.15) is 189 Å². The van der Waals surface area contributed by atoms with Crippen LogP contribution in [0, 0.1) is 46.3 Å². The number of hydrogen-bond acceptors (Lipinski definition) is 5. The van der Waals surface area contributed by atoms with Gasteiger partial charge in [0.25, 0.3) is 0 Å². The van der Waals surface area contributed by atoms with Gasteiger partial charge in [-0.05, 0) is 126 Å². The molecule has 3 fully saturated rings. The normalized spacial score (nSPS) is 33.6. The van der Waals surface area contributed by atoms with Crippen LogP contribution in [0.25, 0.3) is 0 Å². The van der Waals surface area contributed by atoms with E-state index in [1.807, 2.05) is 13.0 Å². The van der Waals surface area contributed by atoms with E-state index >= 15 is 0 Å². The number of carbonyl (C=O) groups is 3. The van der Waals surface area contributed by atoms with Crippen molar-refractivity contribution in [2.24, 2.45) is 46.3 Å². The summed E-state index contributed by atoms with van der Waals surface area (Å²) in [6.07, 6.45) is 27.0. The summed E-state index contributed by atoms with van der Waals surface area (Å²) in [5, 5.41) is 11.5. The summed E-state index contributed by atoms with van der Waals surface area (Å²) < 4.78 is 5.44. The summed E-state index contributed by atoms with van der Waals surface area (Å²) in [6.45, 7) is 13.2. The lowest BCUT2D eigenvalue weighted by molar-refractivity contribution is -0.149. The molecule has 0 aliphatic heterocycles. The molecule has 0 amide bonds. The van der Waals surface area contributed by atoms with E-state index in [4.69, 9.17) is 4.74 Å². The van der Waals surface area contributed by atoms with Crippen LogP contribution in [0.2, 0.25) is 0 Å². The van der Waals surface area contributed by atoms with Gasteiger partial charge in [0.05, 0.1) is 18.1 Å². The van der Waals surface area contributed by atoms with Gasteiger partial charge in [-0.1, -0.05) is 103 Å². The molecule has 4 rings (SSSR count). The number of Topliss-reactive ketones (excluding diaryl/α,β-unsaturated/α-hetero) is 1. The molecule has 5 heteroatoms. The highest BCUT2D eigenvalue weighted by atomic mass is 16.5. The second kappa shape index (κ2) is 18.3. The van der Waals surface area contributed by atoms with Crippen molar-refractivity contribution in [2.45, 2.75) is 195 Å². The first-order chi connectivity index (χ1) is 23.4. The molecular formula is C44H74O5. The van der Waals surface area contributed by atoms with Crippen molar-refractivity contribution in [1.82, 2.24) is 0 Å². The molecule has 0 radical (unpaired) electrons. The Morgan fingerprint density at radius 1 is 0.837 bits per heavy atom. The number of unbranched alkanes of at least 4 members (excludes halogenated alkanes) is 10. The van der Waals surface area contributed by atoms with Gasteiger partial charge in [0.15, 0.2) is 5.78 Å². The van der Waals surface area contributed by atoms with E-state index in [1.54, 1.807) is 6.92 Å². The fourth-order valence-corrected chi connectivity index (χ4v) is 11.3. The highest BCUT2D eigenvalue weighted by Crippen LogP contribution is 2.69. The minimum absolute atomic E-state index is 0.00225. The zero-order valence-corrected chi connectivity index (χ0v) is 32.6. The van der Waals surface area contributed by atoms with Crippen LogP contribution in [-0.4, -0.2) is 34.9 Å². The Hall–Kier alpha value is -1.49. The first kappa shape index (κ1) is 40.3. The standard InChI is InChI=1S/C44H74O5/c1-7-9-10-11-12-14-19-22-35(41(47)49-8-2)29-33(32(3)45)20-17-15-13-16-18-21-34-30-36-31-37(46)23-26-42(36,4)38-24-27-43(5)39(40(34)38)25-28-44(43,6)48/h31,33-35,38-40,48H,7-30H2,1-6H3/t33?,34-,35?,38?,39?,40?,42+,43+,44+/m1/s1. The topological polar surface area (TPSA) is 80.7 Å². The van der Waals surface area contributed by atoms with Crippen LogP contribution < -0.4 is 0 Å². The smallest absolute Gasteiger partial charge is 0.308 e. The number of allylic oxidation sites excluding steroid dienone is 1. The Kier molecular flexibility index (Phi) is 15.1. The molecule has 4 aliphatic carbocycles. The average molecular weight is 683 g/mol. The van der Waals surface area contributed by atoms with E-state index in [2.05, 4.69) is 27.7 Å². The number of rotatable bonds is 21. The fourth-order valence-electron chi connectivity index (χ4n) is 11.3. The molecule has 280 valence electrons. The first-order valence-electron chi connectivity index (χ1n) is 21.0. The minimum Gasteiger partial charge on any atom is -0.466 e. The van der Waals surface area contributed by atoms with Gasteiger partial charge in [-0.3, -0.25) is 14.4 Å². The summed E-state index contributed by atoms with van der Waals surface area (Å²) >= 11 is 0. The number of carbonyl (C=O) groups excluding carboxylic acids is 3. The maximum absolute atomic E-state index is 12.8. The van der Waals surface area contributed by atoms with E-state index < -0.39 is 5.60 Å². The first-order valence-corrected chi connectivity index (χ1v) is 21.0. The van der Waals surface area contributed by atoms with Gasteiger partial charge in [-0.25, -0.2) is 0 Å².